The summed E-state index contributed by atoms with van der Waals surface area (Å²) >= 11 is 6.65. The summed E-state index contributed by atoms with van der Waals surface area (Å²) in [5.41, 5.74) is 2.27. The van der Waals surface area contributed by atoms with E-state index < -0.39 is 5.97 Å². The number of rotatable bonds is 12. The topological polar surface area (TPSA) is 57.5 Å². The van der Waals surface area contributed by atoms with Crippen molar-refractivity contribution in [1.29, 1.82) is 0 Å². The van der Waals surface area contributed by atoms with Crippen molar-refractivity contribution in [2.45, 2.75) is 88.5 Å². The smallest absolute Gasteiger partial charge is 0.303 e. The van der Waals surface area contributed by atoms with Crippen LogP contribution >= 0.6 is 11.6 Å². The summed E-state index contributed by atoms with van der Waals surface area (Å²) in [7, 11) is 0. The number of carboxylic acid groups (broad SMARTS) is 1. The monoisotopic (exact) mass is 406 g/mol. The van der Waals surface area contributed by atoms with Gasteiger partial charge >= 0.3 is 5.97 Å². The molecule has 4 heteroatoms. The number of alkyl halides is 1. The standard InChI is InChI=1S/C24H35ClO3/c1-2-3-6-10-22(26)18-12-14-20(15-13-18)24-19(16-17-21(24)25)9-7-4-5-8-11-23(27)28/h4,7,12-15,19,21-22,24,26H,2-3,5-6,8-11,16-17H2,1H3,(H,27,28)/b7-4-/t19-,21+,22?,24-/m0/s1. The number of hydrogen-bond acceptors (Lipinski definition) is 2. The van der Waals surface area contributed by atoms with Crippen LogP contribution in [0, 0.1) is 5.92 Å². The second-order valence-corrected chi connectivity index (χ2v) is 8.61. The summed E-state index contributed by atoms with van der Waals surface area (Å²) in [6, 6.07) is 8.42. The first-order valence-electron chi connectivity index (χ1n) is 10.8. The number of carboxylic acids is 1. The number of benzene rings is 1. The van der Waals surface area contributed by atoms with Gasteiger partial charge in [0.15, 0.2) is 0 Å². The van der Waals surface area contributed by atoms with E-state index in [1.807, 2.05) is 0 Å². The van der Waals surface area contributed by atoms with Gasteiger partial charge in [0.1, 0.15) is 0 Å². The van der Waals surface area contributed by atoms with Gasteiger partial charge in [0.2, 0.25) is 0 Å². The molecule has 1 aliphatic carbocycles. The highest BCUT2D eigenvalue weighted by Crippen LogP contribution is 2.45. The Balaban J connectivity index is 1.90. The van der Waals surface area contributed by atoms with E-state index in [1.165, 1.54) is 12.0 Å². The van der Waals surface area contributed by atoms with E-state index in [1.54, 1.807) is 0 Å². The minimum absolute atomic E-state index is 0.158. The molecule has 0 amide bonds. The fourth-order valence-electron chi connectivity index (χ4n) is 4.23. The number of aliphatic hydroxyl groups is 1. The molecule has 2 rings (SSSR count). The summed E-state index contributed by atoms with van der Waals surface area (Å²) in [5, 5.41) is 19.2. The molecule has 0 heterocycles. The lowest BCUT2D eigenvalue weighted by molar-refractivity contribution is -0.137. The van der Waals surface area contributed by atoms with Crippen molar-refractivity contribution in [1.82, 2.24) is 0 Å². The van der Waals surface area contributed by atoms with E-state index in [-0.39, 0.29) is 17.9 Å². The number of unbranched alkanes of at least 4 members (excludes halogenated alkanes) is 3. The van der Waals surface area contributed by atoms with Crippen molar-refractivity contribution >= 4 is 17.6 Å². The van der Waals surface area contributed by atoms with Crippen LogP contribution in [0.3, 0.4) is 0 Å². The van der Waals surface area contributed by atoms with Crippen molar-refractivity contribution in [2.75, 3.05) is 0 Å². The highest BCUT2D eigenvalue weighted by Gasteiger charge is 2.35. The Bertz CT molecular complexity index is 611. The third-order valence-electron chi connectivity index (χ3n) is 5.86. The number of aliphatic carboxylic acids is 1. The Labute approximate surface area is 174 Å². The van der Waals surface area contributed by atoms with Gasteiger partial charge in [0.05, 0.1) is 6.10 Å². The van der Waals surface area contributed by atoms with Gasteiger partial charge in [0.25, 0.3) is 0 Å². The molecule has 1 aliphatic rings. The summed E-state index contributed by atoms with van der Waals surface area (Å²) in [6.07, 6.45) is 13.0. The molecule has 0 bridgehead atoms. The second-order valence-electron chi connectivity index (χ2n) is 8.05. The zero-order chi connectivity index (χ0) is 20.4. The first-order valence-corrected chi connectivity index (χ1v) is 11.2. The lowest BCUT2D eigenvalue weighted by Crippen LogP contribution is -2.13. The predicted octanol–water partition coefficient (Wildman–Crippen LogP) is 6.60. The average molecular weight is 407 g/mol. The van der Waals surface area contributed by atoms with Gasteiger partial charge in [-0.3, -0.25) is 4.79 Å². The van der Waals surface area contributed by atoms with Crippen molar-refractivity contribution in [3.05, 3.63) is 47.5 Å². The molecule has 2 N–H and O–H groups in total. The molecule has 0 spiro atoms. The van der Waals surface area contributed by atoms with Gasteiger partial charge in [-0.1, -0.05) is 62.6 Å². The van der Waals surface area contributed by atoms with E-state index >= 15 is 0 Å². The van der Waals surface area contributed by atoms with Gasteiger partial charge in [-0.15, -0.1) is 11.6 Å². The van der Waals surface area contributed by atoms with Gasteiger partial charge in [-0.2, -0.15) is 0 Å². The zero-order valence-electron chi connectivity index (χ0n) is 17.0. The van der Waals surface area contributed by atoms with Crippen molar-refractivity contribution in [2.24, 2.45) is 5.92 Å². The van der Waals surface area contributed by atoms with Gasteiger partial charge in [0, 0.05) is 17.7 Å². The summed E-state index contributed by atoms with van der Waals surface area (Å²) < 4.78 is 0. The van der Waals surface area contributed by atoms with Crippen LogP contribution in [0.4, 0.5) is 0 Å². The zero-order valence-corrected chi connectivity index (χ0v) is 17.8. The molecular formula is C24H35ClO3. The molecule has 156 valence electrons. The maximum Gasteiger partial charge on any atom is 0.303 e. The van der Waals surface area contributed by atoms with E-state index in [0.717, 1.165) is 50.5 Å². The minimum atomic E-state index is -0.729. The SMILES string of the molecule is CCCCCC(O)c1ccc([C@@H]2[C@@H](C/C=C\CCCC(=O)O)CC[C@H]2Cl)cc1. The molecule has 1 saturated carbocycles. The Kier molecular flexibility index (Phi) is 10.1. The van der Waals surface area contributed by atoms with Crippen LogP contribution in [-0.4, -0.2) is 21.6 Å². The molecule has 4 atom stereocenters. The number of halogens is 1. The first-order chi connectivity index (χ1) is 13.5. The van der Waals surface area contributed by atoms with Crippen LogP contribution in [0.1, 0.15) is 94.3 Å². The van der Waals surface area contributed by atoms with Crippen LogP contribution in [0.2, 0.25) is 0 Å². The molecular weight excluding hydrogens is 372 g/mol. The van der Waals surface area contributed by atoms with E-state index in [9.17, 15) is 9.90 Å². The maximum absolute atomic E-state index is 10.6. The maximum atomic E-state index is 10.6. The van der Waals surface area contributed by atoms with Crippen LogP contribution in [0.5, 0.6) is 0 Å². The third kappa shape index (κ3) is 7.25. The van der Waals surface area contributed by atoms with E-state index in [2.05, 4.69) is 43.3 Å². The largest absolute Gasteiger partial charge is 0.481 e. The van der Waals surface area contributed by atoms with Crippen molar-refractivity contribution < 1.29 is 15.0 Å². The highest BCUT2D eigenvalue weighted by molar-refractivity contribution is 6.21. The van der Waals surface area contributed by atoms with Gasteiger partial charge < -0.3 is 10.2 Å². The number of allylic oxidation sites excluding steroid dienone is 2. The Hall–Kier alpha value is -1.32. The quantitative estimate of drug-likeness (QED) is 0.233. The Morgan fingerprint density at radius 2 is 1.93 bits per heavy atom. The molecule has 0 radical (unpaired) electrons. The molecule has 1 aromatic rings. The van der Waals surface area contributed by atoms with Crippen molar-refractivity contribution in [3.63, 3.8) is 0 Å². The second kappa shape index (κ2) is 12.3. The van der Waals surface area contributed by atoms with Gasteiger partial charge in [-0.05, 0) is 55.6 Å². The molecule has 3 nitrogen and oxygen atoms in total. The predicted molar refractivity (Wildman–Crippen MR) is 116 cm³/mol. The molecule has 1 aromatic carbocycles. The molecule has 1 fully saturated rings. The number of carbonyl (C=O) groups is 1. The summed E-state index contributed by atoms with van der Waals surface area (Å²) in [6.45, 7) is 2.17. The number of aliphatic hydroxyl groups excluding tert-OH is 1. The Morgan fingerprint density at radius 1 is 1.18 bits per heavy atom. The third-order valence-corrected chi connectivity index (χ3v) is 6.35. The summed E-state index contributed by atoms with van der Waals surface area (Å²) in [5.74, 6) is 0.142. The Morgan fingerprint density at radius 3 is 2.61 bits per heavy atom. The lowest BCUT2D eigenvalue weighted by atomic mass is 9.85. The minimum Gasteiger partial charge on any atom is -0.481 e. The average Bonchev–Trinajstić information content (AvgIpc) is 3.05. The van der Waals surface area contributed by atoms with Crippen LogP contribution < -0.4 is 0 Å². The summed E-state index contributed by atoms with van der Waals surface area (Å²) in [4.78, 5) is 10.6. The molecule has 1 unspecified atom stereocenters. The van der Waals surface area contributed by atoms with Crippen LogP contribution in [0.25, 0.3) is 0 Å². The molecule has 0 aliphatic heterocycles. The first kappa shape index (κ1) is 23.0. The van der Waals surface area contributed by atoms with Crippen LogP contribution in [0.15, 0.2) is 36.4 Å². The van der Waals surface area contributed by atoms with E-state index in [0.29, 0.717) is 18.3 Å². The fourth-order valence-corrected chi connectivity index (χ4v) is 4.71. The molecule has 0 saturated heterocycles. The normalized spacial score (nSPS) is 23.3. The van der Waals surface area contributed by atoms with Crippen molar-refractivity contribution in [3.8, 4) is 0 Å². The van der Waals surface area contributed by atoms with Gasteiger partial charge in [-0.25, -0.2) is 0 Å². The van der Waals surface area contributed by atoms with E-state index in [4.69, 9.17) is 16.7 Å². The molecule has 0 aromatic heterocycles. The van der Waals surface area contributed by atoms with Crippen LogP contribution in [-0.2, 0) is 4.79 Å². The number of hydrogen-bond donors (Lipinski definition) is 2. The lowest BCUT2D eigenvalue weighted by Gasteiger charge is -2.22. The highest BCUT2D eigenvalue weighted by atomic mass is 35.5. The fraction of sp³-hybridized carbons (Fsp3) is 0.625. The molecule has 28 heavy (non-hydrogen) atoms.